The van der Waals surface area contributed by atoms with Gasteiger partial charge in [-0.05, 0) is 61.2 Å². The number of rotatable bonds is 8. The van der Waals surface area contributed by atoms with Gasteiger partial charge < -0.3 is 15.0 Å². The number of amidine groups is 1. The van der Waals surface area contributed by atoms with Crippen molar-refractivity contribution in [1.29, 1.82) is 0 Å². The summed E-state index contributed by atoms with van der Waals surface area (Å²) in [5.74, 6) is 2.71. The minimum atomic E-state index is 0.230. The molecule has 0 aliphatic carbocycles. The molecular formula is C21H28BrN3O. The monoisotopic (exact) mass is 417 g/mol. The summed E-state index contributed by atoms with van der Waals surface area (Å²) in [6, 6.07) is 6.73. The molecule has 0 spiro atoms. The van der Waals surface area contributed by atoms with E-state index in [0.717, 1.165) is 41.5 Å². The van der Waals surface area contributed by atoms with Gasteiger partial charge in [0.15, 0.2) is 0 Å². The first-order valence-corrected chi connectivity index (χ1v) is 10.1. The summed E-state index contributed by atoms with van der Waals surface area (Å²) in [5.41, 5.74) is 1.21. The molecule has 1 N–H and O–H groups in total. The SMILES string of the molecule is COc1ccc(Br)cc1CC1C(CNCCC(C)C)N=C2C=CC=CN21. The van der Waals surface area contributed by atoms with Gasteiger partial charge in [-0.3, -0.25) is 4.99 Å². The number of methoxy groups -OCH3 is 1. The maximum Gasteiger partial charge on any atom is 0.128 e. The Labute approximate surface area is 165 Å². The van der Waals surface area contributed by atoms with E-state index in [0.29, 0.717) is 6.04 Å². The summed E-state index contributed by atoms with van der Waals surface area (Å²) >= 11 is 3.59. The molecule has 3 rings (SSSR count). The van der Waals surface area contributed by atoms with Crippen LogP contribution in [0, 0.1) is 5.92 Å². The molecule has 2 heterocycles. The molecule has 0 saturated carbocycles. The van der Waals surface area contributed by atoms with Gasteiger partial charge in [0.2, 0.25) is 0 Å². The Morgan fingerprint density at radius 2 is 2.15 bits per heavy atom. The Bertz CT molecular complexity index is 711. The molecule has 2 atom stereocenters. The van der Waals surface area contributed by atoms with Gasteiger partial charge in [0.05, 0.1) is 19.2 Å². The van der Waals surface area contributed by atoms with Crippen LogP contribution < -0.4 is 10.1 Å². The quantitative estimate of drug-likeness (QED) is 0.644. The third-order valence-corrected chi connectivity index (χ3v) is 5.38. The lowest BCUT2D eigenvalue weighted by Gasteiger charge is -2.29. The number of fused-ring (bicyclic) bond motifs is 1. The molecule has 5 heteroatoms. The largest absolute Gasteiger partial charge is 0.496 e. The predicted molar refractivity (Wildman–Crippen MR) is 112 cm³/mol. The van der Waals surface area contributed by atoms with Crippen molar-refractivity contribution < 1.29 is 4.74 Å². The van der Waals surface area contributed by atoms with Gasteiger partial charge in [0, 0.05) is 17.2 Å². The molecule has 0 aromatic heterocycles. The number of allylic oxidation sites excluding steroid dienone is 2. The third-order valence-electron chi connectivity index (χ3n) is 4.89. The molecule has 2 aliphatic rings. The van der Waals surface area contributed by atoms with E-state index in [1.54, 1.807) is 7.11 Å². The number of nitrogens with one attached hydrogen (secondary N) is 1. The Morgan fingerprint density at radius 3 is 2.92 bits per heavy atom. The first-order valence-electron chi connectivity index (χ1n) is 9.32. The minimum Gasteiger partial charge on any atom is -0.496 e. The Morgan fingerprint density at radius 1 is 1.31 bits per heavy atom. The number of hydrogen-bond donors (Lipinski definition) is 1. The van der Waals surface area contributed by atoms with Crippen molar-refractivity contribution in [3.8, 4) is 5.75 Å². The molecule has 0 radical (unpaired) electrons. The lowest BCUT2D eigenvalue weighted by atomic mass is 9.98. The van der Waals surface area contributed by atoms with Crippen LogP contribution >= 0.6 is 15.9 Å². The van der Waals surface area contributed by atoms with Crippen LogP contribution in [0.25, 0.3) is 0 Å². The van der Waals surface area contributed by atoms with Gasteiger partial charge in [0.25, 0.3) is 0 Å². The van der Waals surface area contributed by atoms with Crippen molar-refractivity contribution >= 4 is 21.8 Å². The molecule has 0 fully saturated rings. The van der Waals surface area contributed by atoms with E-state index in [-0.39, 0.29) is 6.04 Å². The summed E-state index contributed by atoms with van der Waals surface area (Å²) in [5, 5.41) is 3.60. The molecule has 0 amide bonds. The summed E-state index contributed by atoms with van der Waals surface area (Å²) in [6.45, 7) is 6.46. The van der Waals surface area contributed by atoms with E-state index in [2.05, 4.69) is 70.5 Å². The topological polar surface area (TPSA) is 36.9 Å². The van der Waals surface area contributed by atoms with Gasteiger partial charge >= 0.3 is 0 Å². The highest BCUT2D eigenvalue weighted by atomic mass is 79.9. The Balaban J connectivity index is 1.75. The lowest BCUT2D eigenvalue weighted by Crippen LogP contribution is -2.42. The molecule has 1 aromatic rings. The highest BCUT2D eigenvalue weighted by molar-refractivity contribution is 9.10. The number of benzene rings is 1. The van der Waals surface area contributed by atoms with Crippen molar-refractivity contribution in [2.75, 3.05) is 20.2 Å². The van der Waals surface area contributed by atoms with E-state index in [1.807, 2.05) is 12.1 Å². The van der Waals surface area contributed by atoms with E-state index in [4.69, 9.17) is 9.73 Å². The third kappa shape index (κ3) is 4.57. The van der Waals surface area contributed by atoms with Crippen molar-refractivity contribution in [3.63, 3.8) is 0 Å². The van der Waals surface area contributed by atoms with Crippen LogP contribution in [0.1, 0.15) is 25.8 Å². The second-order valence-electron chi connectivity index (χ2n) is 7.28. The zero-order valence-electron chi connectivity index (χ0n) is 15.8. The average molecular weight is 418 g/mol. The molecule has 2 aliphatic heterocycles. The van der Waals surface area contributed by atoms with E-state index >= 15 is 0 Å². The second-order valence-corrected chi connectivity index (χ2v) is 8.19. The fraction of sp³-hybridized carbons (Fsp3) is 0.476. The highest BCUT2D eigenvalue weighted by Crippen LogP contribution is 2.30. The lowest BCUT2D eigenvalue weighted by molar-refractivity contribution is 0.353. The molecule has 0 bridgehead atoms. The average Bonchev–Trinajstić information content (AvgIpc) is 2.96. The number of hydrogen-bond acceptors (Lipinski definition) is 4. The maximum atomic E-state index is 5.58. The van der Waals surface area contributed by atoms with E-state index in [1.165, 1.54) is 12.0 Å². The number of nitrogens with zero attached hydrogens (tertiary/aromatic N) is 2. The molecule has 1 aromatic carbocycles. The van der Waals surface area contributed by atoms with Crippen LogP contribution in [0.15, 0.2) is 52.1 Å². The van der Waals surface area contributed by atoms with Crippen LogP contribution in [0.3, 0.4) is 0 Å². The molecular weight excluding hydrogens is 390 g/mol. The minimum absolute atomic E-state index is 0.230. The van der Waals surface area contributed by atoms with Gasteiger partial charge in [-0.2, -0.15) is 0 Å². The van der Waals surface area contributed by atoms with Crippen LogP contribution in [0.2, 0.25) is 0 Å². The number of aliphatic imine (C=N–C) groups is 1. The standard InChI is InChI=1S/C21H28BrN3O/c1-15(2)9-10-23-14-18-19(25-11-5-4-6-21(25)24-18)13-16-12-17(22)7-8-20(16)26-3/h4-8,11-12,15,18-19,23H,9-10,13-14H2,1-3H3. The van der Waals surface area contributed by atoms with Crippen molar-refractivity contribution in [3.05, 3.63) is 52.7 Å². The fourth-order valence-electron chi connectivity index (χ4n) is 3.47. The van der Waals surface area contributed by atoms with Gasteiger partial charge in [0.1, 0.15) is 11.6 Å². The molecule has 0 saturated heterocycles. The summed E-state index contributed by atoms with van der Waals surface area (Å²) < 4.78 is 6.66. The van der Waals surface area contributed by atoms with Gasteiger partial charge in [-0.15, -0.1) is 0 Å². The predicted octanol–water partition coefficient (Wildman–Crippen LogP) is 4.17. The van der Waals surface area contributed by atoms with Gasteiger partial charge in [-0.1, -0.05) is 35.9 Å². The van der Waals surface area contributed by atoms with Gasteiger partial charge in [-0.25, -0.2) is 0 Å². The zero-order valence-corrected chi connectivity index (χ0v) is 17.4. The van der Waals surface area contributed by atoms with E-state index < -0.39 is 0 Å². The van der Waals surface area contributed by atoms with Crippen LogP contribution in [0.4, 0.5) is 0 Å². The molecule has 4 nitrogen and oxygen atoms in total. The van der Waals surface area contributed by atoms with Crippen LogP contribution in [-0.2, 0) is 6.42 Å². The molecule has 140 valence electrons. The van der Waals surface area contributed by atoms with Crippen molar-refractivity contribution in [2.24, 2.45) is 10.9 Å². The fourth-order valence-corrected chi connectivity index (χ4v) is 3.88. The highest BCUT2D eigenvalue weighted by Gasteiger charge is 2.35. The summed E-state index contributed by atoms with van der Waals surface area (Å²) in [4.78, 5) is 7.27. The van der Waals surface area contributed by atoms with Crippen molar-refractivity contribution in [1.82, 2.24) is 10.2 Å². The first-order chi connectivity index (χ1) is 12.6. The summed E-state index contributed by atoms with van der Waals surface area (Å²) in [6.07, 6.45) is 10.5. The van der Waals surface area contributed by atoms with Crippen LogP contribution in [-0.4, -0.2) is 43.0 Å². The first kappa shape index (κ1) is 19.2. The Hall–Kier alpha value is -1.59. The molecule has 2 unspecified atom stereocenters. The summed E-state index contributed by atoms with van der Waals surface area (Å²) in [7, 11) is 1.73. The smallest absolute Gasteiger partial charge is 0.128 e. The number of halogens is 1. The second kappa shape index (κ2) is 8.87. The van der Waals surface area contributed by atoms with Crippen molar-refractivity contribution in [2.45, 2.75) is 38.8 Å². The van der Waals surface area contributed by atoms with E-state index in [9.17, 15) is 0 Å². The normalized spacial score (nSPS) is 21.3. The Kier molecular flexibility index (Phi) is 6.54. The zero-order chi connectivity index (χ0) is 18.5. The molecule has 26 heavy (non-hydrogen) atoms. The van der Waals surface area contributed by atoms with Crippen LogP contribution in [0.5, 0.6) is 5.75 Å². The number of ether oxygens (including phenoxy) is 1. The maximum absolute atomic E-state index is 5.58.